The Labute approximate surface area is 208 Å². The van der Waals surface area contributed by atoms with Gasteiger partial charge >= 0.3 is 0 Å². The van der Waals surface area contributed by atoms with Gasteiger partial charge < -0.3 is 15.4 Å². The summed E-state index contributed by atoms with van der Waals surface area (Å²) in [5.41, 5.74) is 1.33. The second kappa shape index (κ2) is 13.4. The number of nitrogens with one attached hydrogen (secondary N) is 2. The molecule has 5 nitrogen and oxygen atoms in total. The summed E-state index contributed by atoms with van der Waals surface area (Å²) in [4.78, 5) is 7.00. The number of hydrogen-bond donors (Lipinski definition) is 2. The van der Waals surface area contributed by atoms with Gasteiger partial charge in [0.05, 0.1) is 0 Å². The Bertz CT molecular complexity index is 642. The molecule has 2 N–H and O–H groups in total. The predicted molar refractivity (Wildman–Crippen MR) is 141 cm³/mol. The average molecular weight is 567 g/mol. The van der Waals surface area contributed by atoms with Crippen LogP contribution in [-0.2, 0) is 11.3 Å². The number of likely N-dealkylation sites (tertiary alicyclic amines) is 1. The molecule has 0 bridgehead atoms. The lowest BCUT2D eigenvalue weighted by Crippen LogP contribution is -2.52. The average Bonchev–Trinajstić information content (AvgIpc) is 2.75. The fourth-order valence-corrected chi connectivity index (χ4v) is 5.51. The largest absolute Gasteiger partial charge is 0.381 e. The summed E-state index contributed by atoms with van der Waals surface area (Å²) < 4.78 is 5.86. The van der Waals surface area contributed by atoms with Gasteiger partial charge in [-0.2, -0.15) is 11.8 Å². The maximum Gasteiger partial charge on any atom is 0.191 e. The number of benzene rings is 1. The summed E-state index contributed by atoms with van der Waals surface area (Å²) in [7, 11) is 1.87. The first kappa shape index (κ1) is 26.0. The van der Waals surface area contributed by atoms with E-state index in [4.69, 9.17) is 16.3 Å². The van der Waals surface area contributed by atoms with E-state index in [-0.39, 0.29) is 28.7 Å². The highest BCUT2D eigenvalue weighted by Gasteiger charge is 2.33. The molecule has 0 aliphatic carbocycles. The van der Waals surface area contributed by atoms with Crippen LogP contribution in [0.25, 0.3) is 0 Å². The lowest BCUT2D eigenvalue weighted by Gasteiger charge is -2.37. The molecule has 2 aliphatic rings. The van der Waals surface area contributed by atoms with E-state index in [0.29, 0.717) is 6.04 Å². The molecule has 0 aromatic heterocycles. The highest BCUT2D eigenvalue weighted by molar-refractivity contribution is 14.0. The second-order valence-corrected chi connectivity index (χ2v) is 10.1. The van der Waals surface area contributed by atoms with Gasteiger partial charge in [-0.1, -0.05) is 30.7 Å². The van der Waals surface area contributed by atoms with Crippen LogP contribution in [0.4, 0.5) is 0 Å². The zero-order chi connectivity index (χ0) is 20.5. The van der Waals surface area contributed by atoms with Gasteiger partial charge in [-0.15, -0.1) is 24.0 Å². The molecule has 0 atom stereocenters. The minimum absolute atomic E-state index is 0. The van der Waals surface area contributed by atoms with Crippen LogP contribution in [-0.4, -0.2) is 67.3 Å². The van der Waals surface area contributed by atoms with Gasteiger partial charge in [-0.3, -0.25) is 9.89 Å². The van der Waals surface area contributed by atoms with Gasteiger partial charge in [0.15, 0.2) is 5.96 Å². The molecule has 0 unspecified atom stereocenters. The third kappa shape index (κ3) is 8.04. The van der Waals surface area contributed by atoms with Gasteiger partial charge in [-0.05, 0) is 49.1 Å². The zero-order valence-corrected chi connectivity index (χ0v) is 22.1. The summed E-state index contributed by atoms with van der Waals surface area (Å²) in [6.45, 7) is 8.13. The smallest absolute Gasteiger partial charge is 0.191 e. The first-order valence-electron chi connectivity index (χ1n) is 10.8. The molecule has 30 heavy (non-hydrogen) atoms. The highest BCUT2D eigenvalue weighted by atomic mass is 127. The minimum atomic E-state index is 0. The predicted octanol–water partition coefficient (Wildman–Crippen LogP) is 4.39. The van der Waals surface area contributed by atoms with Crippen molar-refractivity contribution >= 4 is 53.3 Å². The standard InChI is InChI=1S/C22H35ClN4OS.HI/c1-3-29-22(10-14-28-15-11-22)17-25-21(24-2)26-20-8-12-27(13-9-20)16-18-4-6-19(23)7-5-18;/h4-7,20H,3,8-17H2,1-2H3,(H2,24,25,26);1H. The molecule has 0 amide bonds. The Morgan fingerprint density at radius 3 is 2.50 bits per heavy atom. The van der Waals surface area contributed by atoms with Crippen molar-refractivity contribution in [1.29, 1.82) is 0 Å². The number of rotatable bonds is 7. The lowest BCUT2D eigenvalue weighted by molar-refractivity contribution is 0.0781. The molecule has 0 saturated carbocycles. The summed E-state index contributed by atoms with van der Waals surface area (Å²) in [6.07, 6.45) is 4.49. The molecule has 8 heteroatoms. The fraction of sp³-hybridized carbons (Fsp3) is 0.682. The maximum absolute atomic E-state index is 5.99. The van der Waals surface area contributed by atoms with E-state index in [1.807, 2.05) is 19.2 Å². The number of hydrogen-bond acceptors (Lipinski definition) is 4. The van der Waals surface area contributed by atoms with Crippen molar-refractivity contribution in [2.75, 3.05) is 45.6 Å². The SMILES string of the molecule is CCSC1(CNC(=NC)NC2CCN(Cc3ccc(Cl)cc3)CC2)CCOCC1.I. The Hall–Kier alpha value is -0.220. The van der Waals surface area contributed by atoms with Crippen molar-refractivity contribution in [2.24, 2.45) is 4.99 Å². The maximum atomic E-state index is 5.99. The molecule has 0 spiro atoms. The third-order valence-electron chi connectivity index (χ3n) is 5.90. The van der Waals surface area contributed by atoms with Crippen LogP contribution in [0.3, 0.4) is 0 Å². The first-order valence-corrected chi connectivity index (χ1v) is 12.1. The minimum Gasteiger partial charge on any atom is -0.381 e. The van der Waals surface area contributed by atoms with E-state index in [0.717, 1.165) is 81.8 Å². The Kier molecular flexibility index (Phi) is 11.6. The monoisotopic (exact) mass is 566 g/mol. The number of ether oxygens (including phenoxy) is 1. The second-order valence-electron chi connectivity index (χ2n) is 7.98. The summed E-state index contributed by atoms with van der Waals surface area (Å²) >= 11 is 8.05. The lowest BCUT2D eigenvalue weighted by atomic mass is 9.99. The van der Waals surface area contributed by atoms with Crippen molar-refractivity contribution in [2.45, 2.75) is 49.9 Å². The number of guanidine groups is 1. The molecular weight excluding hydrogens is 531 g/mol. The molecule has 1 aromatic carbocycles. The summed E-state index contributed by atoms with van der Waals surface area (Å²) in [5, 5.41) is 8.06. The Balaban J connectivity index is 0.00000320. The third-order valence-corrected chi connectivity index (χ3v) is 7.61. The van der Waals surface area contributed by atoms with Crippen LogP contribution in [0.5, 0.6) is 0 Å². The molecule has 2 heterocycles. The number of halogens is 2. The molecule has 0 radical (unpaired) electrons. The first-order chi connectivity index (χ1) is 14.1. The number of thioether (sulfide) groups is 1. The van der Waals surface area contributed by atoms with Crippen molar-refractivity contribution in [1.82, 2.24) is 15.5 Å². The number of piperidine rings is 1. The van der Waals surface area contributed by atoms with Crippen LogP contribution < -0.4 is 10.6 Å². The summed E-state index contributed by atoms with van der Waals surface area (Å²) in [6, 6.07) is 8.68. The molecule has 170 valence electrons. The summed E-state index contributed by atoms with van der Waals surface area (Å²) in [5.74, 6) is 2.07. The van der Waals surface area contributed by atoms with Crippen LogP contribution in [0, 0.1) is 0 Å². The van der Waals surface area contributed by atoms with E-state index < -0.39 is 0 Å². The van der Waals surface area contributed by atoms with Crippen molar-refractivity contribution in [3.8, 4) is 0 Å². The van der Waals surface area contributed by atoms with Crippen LogP contribution in [0.2, 0.25) is 5.02 Å². The van der Waals surface area contributed by atoms with Gasteiger partial charge in [0.1, 0.15) is 0 Å². The quantitative estimate of drug-likeness (QED) is 0.291. The van der Waals surface area contributed by atoms with Crippen molar-refractivity contribution in [3.05, 3.63) is 34.9 Å². The zero-order valence-electron chi connectivity index (χ0n) is 18.2. The van der Waals surface area contributed by atoms with E-state index in [1.165, 1.54) is 5.56 Å². The molecule has 2 aliphatic heterocycles. The van der Waals surface area contributed by atoms with E-state index in [2.05, 4.69) is 51.3 Å². The van der Waals surface area contributed by atoms with Crippen molar-refractivity contribution in [3.63, 3.8) is 0 Å². The van der Waals surface area contributed by atoms with Crippen LogP contribution in [0.1, 0.15) is 38.2 Å². The number of aliphatic imine (C=N–C) groups is 1. The van der Waals surface area contributed by atoms with Gasteiger partial charge in [-0.25, -0.2) is 0 Å². The van der Waals surface area contributed by atoms with Crippen LogP contribution >= 0.6 is 47.3 Å². The molecule has 3 rings (SSSR count). The van der Waals surface area contributed by atoms with E-state index in [1.54, 1.807) is 0 Å². The fourth-order valence-electron chi connectivity index (χ4n) is 4.14. The van der Waals surface area contributed by atoms with Gasteiger partial charge in [0.2, 0.25) is 0 Å². The normalized spacial score (nSPS) is 20.4. The van der Waals surface area contributed by atoms with E-state index >= 15 is 0 Å². The molecular formula is C22H36ClIN4OS. The molecule has 2 saturated heterocycles. The Morgan fingerprint density at radius 1 is 1.23 bits per heavy atom. The van der Waals surface area contributed by atoms with Gasteiger partial charge in [0.25, 0.3) is 0 Å². The van der Waals surface area contributed by atoms with Crippen molar-refractivity contribution < 1.29 is 4.74 Å². The van der Waals surface area contributed by atoms with Crippen LogP contribution in [0.15, 0.2) is 29.3 Å². The topological polar surface area (TPSA) is 48.9 Å². The molecule has 2 fully saturated rings. The highest BCUT2D eigenvalue weighted by Crippen LogP contribution is 2.34. The number of nitrogens with zero attached hydrogens (tertiary/aromatic N) is 2. The Morgan fingerprint density at radius 2 is 1.90 bits per heavy atom. The van der Waals surface area contributed by atoms with E-state index in [9.17, 15) is 0 Å². The van der Waals surface area contributed by atoms with Gasteiger partial charge in [0, 0.05) is 62.3 Å². The molecule has 1 aromatic rings.